The highest BCUT2D eigenvalue weighted by atomic mass is 32.2. The maximum absolute atomic E-state index is 11.9. The van der Waals surface area contributed by atoms with E-state index in [0.717, 1.165) is 0 Å². The Kier molecular flexibility index (Phi) is 3.15. The van der Waals surface area contributed by atoms with Gasteiger partial charge in [-0.25, -0.2) is 0 Å². The molecular weight excluding hydrogens is 232 g/mol. The van der Waals surface area contributed by atoms with Crippen molar-refractivity contribution in [1.82, 2.24) is 10.6 Å². The summed E-state index contributed by atoms with van der Waals surface area (Å²) in [6.45, 7) is 0. The number of hydrogen-bond donors (Lipinski definition) is 3. The smallest absolute Gasteiger partial charge is 0.321 e. The van der Waals surface area contributed by atoms with Gasteiger partial charge in [-0.05, 0) is 6.42 Å². The van der Waals surface area contributed by atoms with Crippen LogP contribution in [0.25, 0.3) is 0 Å². The lowest BCUT2D eigenvalue weighted by molar-refractivity contribution is -0.138. The summed E-state index contributed by atoms with van der Waals surface area (Å²) in [5.74, 6) is -0.805. The third-order valence-electron chi connectivity index (χ3n) is 2.68. The molecule has 0 aromatic carbocycles. The van der Waals surface area contributed by atoms with Crippen LogP contribution in [0.15, 0.2) is 0 Å². The van der Waals surface area contributed by atoms with E-state index in [4.69, 9.17) is 5.11 Å². The van der Waals surface area contributed by atoms with E-state index in [0.29, 0.717) is 18.6 Å². The first-order chi connectivity index (χ1) is 7.58. The molecule has 0 radical (unpaired) electrons. The van der Waals surface area contributed by atoms with E-state index < -0.39 is 23.4 Å². The van der Waals surface area contributed by atoms with Crippen molar-refractivity contribution in [2.75, 3.05) is 5.75 Å². The van der Waals surface area contributed by atoms with Crippen LogP contribution in [0.2, 0.25) is 0 Å². The quantitative estimate of drug-likeness (QED) is 0.586. The van der Waals surface area contributed by atoms with Crippen LogP contribution in [0.4, 0.5) is 0 Å². The SMILES string of the molecule is O=C1CCC(C(=O)C2NC(C(=O)O)CS2)N1. The molecule has 0 spiro atoms. The molecule has 0 aromatic heterocycles. The first-order valence-corrected chi connectivity index (χ1v) is 6.06. The van der Waals surface area contributed by atoms with Crippen molar-refractivity contribution in [1.29, 1.82) is 0 Å². The number of carbonyl (C=O) groups excluding carboxylic acids is 2. The number of ketones is 1. The fourth-order valence-corrected chi connectivity index (χ4v) is 3.00. The van der Waals surface area contributed by atoms with Crippen LogP contribution in [0.1, 0.15) is 12.8 Å². The summed E-state index contributed by atoms with van der Waals surface area (Å²) in [4.78, 5) is 33.5. The van der Waals surface area contributed by atoms with E-state index in [1.807, 2.05) is 0 Å². The number of hydrogen-bond acceptors (Lipinski definition) is 5. The number of carbonyl (C=O) groups is 3. The number of nitrogens with one attached hydrogen (secondary N) is 2. The van der Waals surface area contributed by atoms with Gasteiger partial charge in [0.2, 0.25) is 5.91 Å². The summed E-state index contributed by atoms with van der Waals surface area (Å²) in [6.07, 6.45) is 0.879. The molecule has 2 rings (SSSR count). The zero-order chi connectivity index (χ0) is 11.7. The normalized spacial score (nSPS) is 33.8. The Hall–Kier alpha value is -1.08. The predicted octanol–water partition coefficient (Wildman–Crippen LogP) is -1.05. The van der Waals surface area contributed by atoms with E-state index in [9.17, 15) is 14.4 Å². The Morgan fingerprint density at radius 2 is 2.12 bits per heavy atom. The maximum atomic E-state index is 11.9. The van der Waals surface area contributed by atoms with Crippen LogP contribution >= 0.6 is 11.8 Å². The maximum Gasteiger partial charge on any atom is 0.321 e. The predicted molar refractivity (Wildman–Crippen MR) is 57.0 cm³/mol. The zero-order valence-electron chi connectivity index (χ0n) is 8.43. The molecule has 1 amide bonds. The molecule has 3 unspecified atom stereocenters. The van der Waals surface area contributed by atoms with Crippen LogP contribution in [0.5, 0.6) is 0 Å². The highest BCUT2D eigenvalue weighted by Gasteiger charge is 2.38. The lowest BCUT2D eigenvalue weighted by Crippen LogP contribution is -2.46. The summed E-state index contributed by atoms with van der Waals surface area (Å²) in [5, 5.41) is 13.6. The third-order valence-corrected chi connectivity index (χ3v) is 3.90. The molecule has 2 aliphatic rings. The van der Waals surface area contributed by atoms with E-state index in [2.05, 4.69) is 10.6 Å². The third kappa shape index (κ3) is 2.19. The van der Waals surface area contributed by atoms with E-state index >= 15 is 0 Å². The van der Waals surface area contributed by atoms with Gasteiger partial charge in [0, 0.05) is 12.2 Å². The van der Waals surface area contributed by atoms with Gasteiger partial charge in [-0.2, -0.15) is 0 Å². The Labute approximate surface area is 96.1 Å². The summed E-state index contributed by atoms with van der Waals surface area (Å²) in [6, 6.07) is -1.12. The fourth-order valence-electron chi connectivity index (χ4n) is 1.79. The van der Waals surface area contributed by atoms with Crippen molar-refractivity contribution >= 4 is 29.4 Å². The van der Waals surface area contributed by atoms with E-state index in [1.165, 1.54) is 11.8 Å². The molecule has 2 fully saturated rings. The number of aliphatic carboxylic acids is 1. The summed E-state index contributed by atoms with van der Waals surface area (Å²) < 4.78 is 0. The summed E-state index contributed by atoms with van der Waals surface area (Å²) in [7, 11) is 0. The monoisotopic (exact) mass is 244 g/mol. The highest BCUT2D eigenvalue weighted by molar-refractivity contribution is 8.00. The molecule has 0 saturated carbocycles. The van der Waals surface area contributed by atoms with Crippen molar-refractivity contribution in [2.24, 2.45) is 0 Å². The van der Waals surface area contributed by atoms with Gasteiger partial charge in [-0.1, -0.05) is 0 Å². The van der Waals surface area contributed by atoms with Crippen molar-refractivity contribution in [3.05, 3.63) is 0 Å². The molecule has 2 aliphatic heterocycles. The second-order valence-corrected chi connectivity index (χ2v) is 4.97. The molecular formula is C9H12N2O4S. The summed E-state index contributed by atoms with van der Waals surface area (Å²) >= 11 is 1.28. The van der Waals surface area contributed by atoms with Gasteiger partial charge in [0.15, 0.2) is 5.78 Å². The molecule has 2 saturated heterocycles. The molecule has 7 heteroatoms. The Balaban J connectivity index is 1.92. The Bertz CT molecular complexity index is 346. The molecule has 3 atom stereocenters. The van der Waals surface area contributed by atoms with E-state index in [1.54, 1.807) is 0 Å². The van der Waals surface area contributed by atoms with Gasteiger partial charge in [-0.15, -0.1) is 11.8 Å². The molecule has 3 N–H and O–H groups in total. The van der Waals surface area contributed by atoms with Gasteiger partial charge < -0.3 is 10.4 Å². The highest BCUT2D eigenvalue weighted by Crippen LogP contribution is 2.22. The van der Waals surface area contributed by atoms with Gasteiger partial charge in [0.05, 0.1) is 6.04 Å². The topological polar surface area (TPSA) is 95.5 Å². The molecule has 16 heavy (non-hydrogen) atoms. The zero-order valence-corrected chi connectivity index (χ0v) is 9.25. The number of rotatable bonds is 3. The lowest BCUT2D eigenvalue weighted by Gasteiger charge is -2.14. The molecule has 6 nitrogen and oxygen atoms in total. The minimum Gasteiger partial charge on any atom is -0.480 e. The molecule has 0 aliphatic carbocycles. The van der Waals surface area contributed by atoms with Crippen molar-refractivity contribution < 1.29 is 19.5 Å². The first-order valence-electron chi connectivity index (χ1n) is 5.01. The number of carboxylic acids is 1. The van der Waals surface area contributed by atoms with Crippen LogP contribution in [0, 0.1) is 0 Å². The minimum atomic E-state index is -0.946. The van der Waals surface area contributed by atoms with Crippen molar-refractivity contribution in [3.63, 3.8) is 0 Å². The second-order valence-electron chi connectivity index (χ2n) is 3.83. The minimum absolute atomic E-state index is 0.115. The largest absolute Gasteiger partial charge is 0.480 e. The van der Waals surface area contributed by atoms with Crippen LogP contribution in [-0.4, -0.2) is 46.0 Å². The van der Waals surface area contributed by atoms with Crippen molar-refractivity contribution in [3.8, 4) is 0 Å². The lowest BCUT2D eigenvalue weighted by atomic mass is 10.1. The molecule has 88 valence electrons. The summed E-state index contributed by atoms with van der Waals surface area (Å²) in [5.41, 5.74) is 0. The first kappa shape index (κ1) is 11.4. The number of Topliss-reactive ketones (excluding diaryl/α,β-unsaturated/α-hetero) is 1. The molecule has 0 bridgehead atoms. The second kappa shape index (κ2) is 4.42. The van der Waals surface area contributed by atoms with Gasteiger partial charge in [0.25, 0.3) is 0 Å². The Morgan fingerprint density at radius 1 is 1.38 bits per heavy atom. The van der Waals surface area contributed by atoms with E-state index in [-0.39, 0.29) is 11.7 Å². The average Bonchev–Trinajstić information content (AvgIpc) is 2.84. The van der Waals surface area contributed by atoms with Crippen molar-refractivity contribution in [2.45, 2.75) is 30.3 Å². The molecule has 2 heterocycles. The number of thioether (sulfide) groups is 1. The molecule has 0 aromatic rings. The number of carboxylic acid groups (broad SMARTS) is 1. The van der Waals surface area contributed by atoms with Gasteiger partial charge >= 0.3 is 5.97 Å². The van der Waals surface area contributed by atoms with Crippen LogP contribution in [-0.2, 0) is 14.4 Å². The van der Waals surface area contributed by atoms with Gasteiger partial charge in [-0.3, -0.25) is 19.7 Å². The number of amides is 1. The Morgan fingerprint density at radius 3 is 2.62 bits per heavy atom. The van der Waals surface area contributed by atoms with Crippen LogP contribution in [0.3, 0.4) is 0 Å². The average molecular weight is 244 g/mol. The standard InChI is InChI=1S/C9H12N2O4S/c12-6-2-1-4(10-6)7(13)8-11-5(3-16-8)9(14)15/h4-5,8,11H,1-3H2,(H,10,12)(H,14,15). The van der Waals surface area contributed by atoms with Gasteiger partial charge in [0.1, 0.15) is 11.4 Å². The van der Waals surface area contributed by atoms with Crippen LogP contribution < -0.4 is 10.6 Å². The fraction of sp³-hybridized carbons (Fsp3) is 0.667.